The maximum atomic E-state index is 13.4. The lowest BCUT2D eigenvalue weighted by Crippen LogP contribution is -2.30. The number of halogens is 1. The van der Waals surface area contributed by atoms with Crippen molar-refractivity contribution in [1.82, 2.24) is 5.32 Å². The smallest absolute Gasteiger partial charge is 0.272 e. The van der Waals surface area contributed by atoms with E-state index >= 15 is 0 Å². The van der Waals surface area contributed by atoms with Gasteiger partial charge in [0.1, 0.15) is 5.70 Å². The maximum absolute atomic E-state index is 13.4. The van der Waals surface area contributed by atoms with E-state index in [-0.39, 0.29) is 17.3 Å². The van der Waals surface area contributed by atoms with E-state index in [0.29, 0.717) is 38.0 Å². The molecule has 0 aliphatic rings. The number of carbonyl (C=O) groups excluding carboxylic acids is 3. The van der Waals surface area contributed by atoms with Crippen LogP contribution in [0.5, 0.6) is 0 Å². The van der Waals surface area contributed by atoms with Crippen LogP contribution < -0.4 is 16.0 Å². The summed E-state index contributed by atoms with van der Waals surface area (Å²) >= 11 is 7.37. The summed E-state index contributed by atoms with van der Waals surface area (Å²) in [7, 11) is 0. The highest BCUT2D eigenvalue weighted by Crippen LogP contribution is 2.28. The number of benzene rings is 4. The van der Waals surface area contributed by atoms with Crippen LogP contribution in [0.3, 0.4) is 0 Å². The summed E-state index contributed by atoms with van der Waals surface area (Å²) in [6.07, 6.45) is 1.53. The van der Waals surface area contributed by atoms with Gasteiger partial charge in [-0.05, 0) is 73.5 Å². The van der Waals surface area contributed by atoms with Gasteiger partial charge in [0, 0.05) is 33.3 Å². The number of rotatable bonds is 10. The monoisotopic (exact) mass is 614 g/mol. The molecule has 0 aromatic heterocycles. The molecule has 0 saturated carbocycles. The molecule has 9 nitrogen and oxygen atoms in total. The van der Waals surface area contributed by atoms with Crippen LogP contribution >= 0.6 is 23.4 Å². The molecule has 0 saturated heterocycles. The summed E-state index contributed by atoms with van der Waals surface area (Å²) in [4.78, 5) is 50.5. The molecule has 4 rings (SSSR count). The minimum atomic E-state index is -0.562. The zero-order chi connectivity index (χ0) is 30.9. The van der Waals surface area contributed by atoms with Crippen molar-refractivity contribution in [3.8, 4) is 0 Å². The molecule has 218 valence electrons. The van der Waals surface area contributed by atoms with Crippen LogP contribution in [-0.2, 0) is 9.59 Å². The topological polar surface area (TPSA) is 130 Å². The summed E-state index contributed by atoms with van der Waals surface area (Å²) < 4.78 is 0. The third-order valence-electron chi connectivity index (χ3n) is 6.15. The predicted molar refractivity (Wildman–Crippen MR) is 170 cm³/mol. The van der Waals surface area contributed by atoms with E-state index in [1.165, 1.54) is 30.0 Å². The average molecular weight is 615 g/mol. The fourth-order valence-electron chi connectivity index (χ4n) is 3.90. The van der Waals surface area contributed by atoms with E-state index < -0.39 is 22.0 Å². The van der Waals surface area contributed by atoms with E-state index in [1.807, 2.05) is 0 Å². The summed E-state index contributed by atoms with van der Waals surface area (Å²) in [6, 6.07) is 26.6. The minimum absolute atomic E-state index is 0.00856. The van der Waals surface area contributed by atoms with Gasteiger partial charge in [0.05, 0.1) is 15.9 Å². The molecule has 43 heavy (non-hydrogen) atoms. The number of nitrogens with one attached hydrogen (secondary N) is 3. The quantitative estimate of drug-likeness (QED) is 0.0757. The Bertz CT molecular complexity index is 1710. The summed E-state index contributed by atoms with van der Waals surface area (Å²) in [5.74, 6) is -1.34. The molecule has 4 aromatic rings. The number of nitro benzene ring substituents is 1. The first-order valence-electron chi connectivity index (χ1n) is 13.1. The van der Waals surface area contributed by atoms with Gasteiger partial charge in [-0.2, -0.15) is 0 Å². The molecule has 3 amide bonds. The lowest BCUT2D eigenvalue weighted by atomic mass is 10.1. The Morgan fingerprint density at radius 3 is 2.37 bits per heavy atom. The fourth-order valence-corrected chi connectivity index (χ4v) is 5.03. The zero-order valence-corrected chi connectivity index (χ0v) is 24.7. The number of anilines is 2. The summed E-state index contributed by atoms with van der Waals surface area (Å²) in [6.45, 7) is 3.46. The van der Waals surface area contributed by atoms with Crippen molar-refractivity contribution < 1.29 is 19.3 Å². The van der Waals surface area contributed by atoms with Gasteiger partial charge in [-0.1, -0.05) is 54.1 Å². The zero-order valence-electron chi connectivity index (χ0n) is 23.2. The van der Waals surface area contributed by atoms with Crippen molar-refractivity contribution in [3.05, 3.63) is 135 Å². The molecule has 0 aliphatic carbocycles. The van der Waals surface area contributed by atoms with E-state index in [4.69, 9.17) is 11.6 Å². The van der Waals surface area contributed by atoms with Gasteiger partial charge < -0.3 is 16.0 Å². The fraction of sp³-hybridized carbons (Fsp3) is 0.0938. The second-order valence-corrected chi connectivity index (χ2v) is 11.3. The highest BCUT2D eigenvalue weighted by Gasteiger charge is 2.19. The van der Waals surface area contributed by atoms with Gasteiger partial charge in [0.25, 0.3) is 17.5 Å². The Balaban J connectivity index is 1.48. The maximum Gasteiger partial charge on any atom is 0.272 e. The number of non-ortho nitro benzene ring substituents is 1. The van der Waals surface area contributed by atoms with Gasteiger partial charge in [-0.25, -0.2) is 0 Å². The third kappa shape index (κ3) is 8.78. The predicted octanol–water partition coefficient (Wildman–Crippen LogP) is 7.09. The standard InChI is InChI=1S/C32H27ClN4O5S/c1-20-14-15-26(37(41)42)19-28(20)35-30(38)21(2)43-27-13-7-12-25(18-27)34-32(40)29(17-22-8-6-11-24(33)16-22)36-31(39)23-9-4-3-5-10-23/h3-19,21H,1-2H3,(H,34,40)(H,35,38)(H,36,39)/b29-17-. The Morgan fingerprint density at radius 1 is 0.907 bits per heavy atom. The van der Waals surface area contributed by atoms with E-state index in [9.17, 15) is 24.5 Å². The number of nitrogens with zero attached hydrogens (tertiary/aromatic N) is 1. The van der Waals surface area contributed by atoms with Gasteiger partial charge in [0.2, 0.25) is 5.91 Å². The molecule has 0 aliphatic heterocycles. The number of aryl methyl sites for hydroxylation is 1. The molecule has 0 radical (unpaired) electrons. The molecular formula is C32H27ClN4O5S. The van der Waals surface area contributed by atoms with Crippen LogP contribution in [0, 0.1) is 17.0 Å². The number of hydrogen-bond donors (Lipinski definition) is 3. The van der Waals surface area contributed by atoms with Crippen molar-refractivity contribution in [2.24, 2.45) is 0 Å². The minimum Gasteiger partial charge on any atom is -0.325 e. The first-order chi connectivity index (χ1) is 20.6. The molecule has 4 aromatic carbocycles. The van der Waals surface area contributed by atoms with Gasteiger partial charge in [-0.15, -0.1) is 11.8 Å². The molecule has 11 heteroatoms. The molecular weight excluding hydrogens is 588 g/mol. The normalized spacial score (nSPS) is 11.7. The highest BCUT2D eigenvalue weighted by molar-refractivity contribution is 8.00. The Morgan fingerprint density at radius 2 is 1.65 bits per heavy atom. The van der Waals surface area contributed by atoms with Crippen molar-refractivity contribution >= 4 is 64.2 Å². The first kappa shape index (κ1) is 31.0. The summed E-state index contributed by atoms with van der Waals surface area (Å²) in [5, 5.41) is 19.3. The number of amides is 3. The van der Waals surface area contributed by atoms with Crippen LogP contribution in [0.2, 0.25) is 5.02 Å². The van der Waals surface area contributed by atoms with Crippen molar-refractivity contribution in [3.63, 3.8) is 0 Å². The molecule has 1 unspecified atom stereocenters. The third-order valence-corrected chi connectivity index (χ3v) is 7.48. The van der Waals surface area contributed by atoms with Crippen LogP contribution in [0.25, 0.3) is 6.08 Å². The van der Waals surface area contributed by atoms with Crippen molar-refractivity contribution in [1.29, 1.82) is 0 Å². The number of hydrogen-bond acceptors (Lipinski definition) is 6. The van der Waals surface area contributed by atoms with Crippen LogP contribution in [0.4, 0.5) is 17.1 Å². The van der Waals surface area contributed by atoms with Gasteiger partial charge in [0.15, 0.2) is 0 Å². The average Bonchev–Trinajstić information content (AvgIpc) is 2.98. The Hall–Kier alpha value is -4.93. The lowest BCUT2D eigenvalue weighted by molar-refractivity contribution is -0.384. The second-order valence-electron chi connectivity index (χ2n) is 9.42. The van der Waals surface area contributed by atoms with Crippen LogP contribution in [0.15, 0.2) is 108 Å². The first-order valence-corrected chi connectivity index (χ1v) is 14.3. The summed E-state index contributed by atoms with van der Waals surface area (Å²) in [5.41, 5.74) is 2.41. The molecule has 0 spiro atoms. The largest absolute Gasteiger partial charge is 0.325 e. The molecule has 0 bridgehead atoms. The number of thioether (sulfide) groups is 1. The van der Waals surface area contributed by atoms with Crippen molar-refractivity contribution in [2.45, 2.75) is 24.0 Å². The second kappa shape index (κ2) is 14.3. The Labute approximate surface area is 257 Å². The molecule has 0 heterocycles. The van der Waals surface area contributed by atoms with Crippen molar-refractivity contribution in [2.75, 3.05) is 10.6 Å². The van der Waals surface area contributed by atoms with E-state index in [0.717, 1.165) is 0 Å². The molecule has 0 fully saturated rings. The van der Waals surface area contributed by atoms with Crippen LogP contribution in [0.1, 0.15) is 28.4 Å². The van der Waals surface area contributed by atoms with Gasteiger partial charge >= 0.3 is 0 Å². The molecule has 3 N–H and O–H groups in total. The van der Waals surface area contributed by atoms with Gasteiger partial charge in [-0.3, -0.25) is 24.5 Å². The Kier molecular flexibility index (Phi) is 10.3. The number of carbonyl (C=O) groups is 3. The lowest BCUT2D eigenvalue weighted by Gasteiger charge is -2.15. The number of nitro groups is 1. The van der Waals surface area contributed by atoms with E-state index in [2.05, 4.69) is 16.0 Å². The highest BCUT2D eigenvalue weighted by atomic mass is 35.5. The van der Waals surface area contributed by atoms with E-state index in [1.54, 1.807) is 98.8 Å². The SMILES string of the molecule is Cc1ccc([N+](=O)[O-])cc1NC(=O)C(C)Sc1cccc(NC(=O)/C(=C/c2cccc(Cl)c2)NC(=O)c2ccccc2)c1. The van der Waals surface area contributed by atoms with Crippen LogP contribution in [-0.4, -0.2) is 27.9 Å². The molecule has 1 atom stereocenters.